The second-order valence-corrected chi connectivity index (χ2v) is 4.91. The van der Waals surface area contributed by atoms with Crippen molar-refractivity contribution in [2.75, 3.05) is 0 Å². The summed E-state index contributed by atoms with van der Waals surface area (Å²) in [7, 11) is 0. The molecule has 0 aliphatic heterocycles. The molecule has 1 aromatic carbocycles. The van der Waals surface area contributed by atoms with Crippen LogP contribution in [0, 0.1) is 5.41 Å². The van der Waals surface area contributed by atoms with E-state index in [0.29, 0.717) is 6.42 Å². The highest BCUT2D eigenvalue weighted by molar-refractivity contribution is 5.85. The van der Waals surface area contributed by atoms with Gasteiger partial charge in [0.05, 0.1) is 5.41 Å². The number of hydrogen-bond donors (Lipinski definition) is 3. The molecule has 1 heterocycles. The van der Waals surface area contributed by atoms with Gasteiger partial charge in [0.2, 0.25) is 0 Å². The minimum atomic E-state index is -0.814. The Labute approximate surface area is 98.9 Å². The predicted octanol–water partition coefficient (Wildman–Crippen LogP) is 2.53. The third-order valence-corrected chi connectivity index (χ3v) is 2.96. The monoisotopic (exact) mass is 233 g/mol. The first kappa shape index (κ1) is 11.5. The number of aromatic amines is 1. The summed E-state index contributed by atoms with van der Waals surface area (Å²) < 4.78 is 0. The van der Waals surface area contributed by atoms with E-state index < -0.39 is 11.4 Å². The van der Waals surface area contributed by atoms with Gasteiger partial charge in [-0.05, 0) is 38.0 Å². The molecule has 0 fully saturated rings. The molecule has 1 aromatic heterocycles. The van der Waals surface area contributed by atoms with Crippen molar-refractivity contribution in [3.63, 3.8) is 0 Å². The molecule has 0 atom stereocenters. The van der Waals surface area contributed by atoms with E-state index >= 15 is 0 Å². The van der Waals surface area contributed by atoms with E-state index in [2.05, 4.69) is 4.98 Å². The first-order chi connectivity index (χ1) is 7.90. The van der Waals surface area contributed by atoms with Gasteiger partial charge in [-0.1, -0.05) is 0 Å². The van der Waals surface area contributed by atoms with Crippen molar-refractivity contribution in [2.24, 2.45) is 5.41 Å². The molecule has 0 spiro atoms. The van der Waals surface area contributed by atoms with Crippen molar-refractivity contribution < 1.29 is 15.0 Å². The Balaban J connectivity index is 2.41. The molecule has 17 heavy (non-hydrogen) atoms. The van der Waals surface area contributed by atoms with Gasteiger partial charge in [0.1, 0.15) is 5.75 Å². The molecule has 0 saturated carbocycles. The van der Waals surface area contributed by atoms with Crippen LogP contribution < -0.4 is 0 Å². The summed E-state index contributed by atoms with van der Waals surface area (Å²) >= 11 is 0. The quantitative estimate of drug-likeness (QED) is 0.762. The van der Waals surface area contributed by atoms with Crippen LogP contribution in [0.3, 0.4) is 0 Å². The van der Waals surface area contributed by atoms with Crippen LogP contribution in [0.25, 0.3) is 10.9 Å². The fourth-order valence-electron chi connectivity index (χ4n) is 1.87. The number of hydrogen-bond acceptors (Lipinski definition) is 2. The van der Waals surface area contributed by atoms with Crippen molar-refractivity contribution in [1.82, 2.24) is 4.98 Å². The first-order valence-electron chi connectivity index (χ1n) is 5.42. The molecule has 0 amide bonds. The molecule has 0 unspecified atom stereocenters. The molecule has 0 radical (unpaired) electrons. The lowest BCUT2D eigenvalue weighted by Crippen LogP contribution is -2.26. The van der Waals surface area contributed by atoms with Gasteiger partial charge in [-0.15, -0.1) is 0 Å². The number of H-pyrrole nitrogens is 1. The van der Waals surface area contributed by atoms with Crippen LogP contribution >= 0.6 is 0 Å². The molecule has 4 heteroatoms. The molecule has 2 rings (SSSR count). The lowest BCUT2D eigenvalue weighted by atomic mass is 9.86. The summed E-state index contributed by atoms with van der Waals surface area (Å²) in [5.74, 6) is -0.617. The number of fused-ring (bicyclic) bond motifs is 1. The fraction of sp³-hybridized carbons (Fsp3) is 0.308. The molecule has 4 nitrogen and oxygen atoms in total. The highest BCUT2D eigenvalue weighted by atomic mass is 16.4. The number of aromatic nitrogens is 1. The SMILES string of the molecule is CC(C)(Cc1c[nH]c2cc(O)ccc12)C(=O)O. The number of nitrogens with one attached hydrogen (secondary N) is 1. The molecule has 90 valence electrons. The number of aromatic hydroxyl groups is 1. The maximum absolute atomic E-state index is 11.1. The van der Waals surface area contributed by atoms with Crippen LogP contribution in [0.5, 0.6) is 5.75 Å². The highest BCUT2D eigenvalue weighted by Crippen LogP contribution is 2.28. The summed E-state index contributed by atoms with van der Waals surface area (Å²) in [6.45, 7) is 3.41. The van der Waals surface area contributed by atoms with E-state index in [1.807, 2.05) is 0 Å². The molecule has 0 saturated heterocycles. The van der Waals surface area contributed by atoms with Crippen LogP contribution in [-0.4, -0.2) is 21.2 Å². The summed E-state index contributed by atoms with van der Waals surface area (Å²) in [4.78, 5) is 14.1. The van der Waals surface area contributed by atoms with E-state index in [9.17, 15) is 9.90 Å². The topological polar surface area (TPSA) is 73.3 Å². The second-order valence-electron chi connectivity index (χ2n) is 4.91. The Hall–Kier alpha value is -1.97. The van der Waals surface area contributed by atoms with Gasteiger partial charge < -0.3 is 15.2 Å². The van der Waals surface area contributed by atoms with E-state index in [4.69, 9.17) is 5.11 Å². The maximum Gasteiger partial charge on any atom is 0.309 e. The maximum atomic E-state index is 11.1. The van der Waals surface area contributed by atoms with Crippen molar-refractivity contribution in [3.8, 4) is 5.75 Å². The van der Waals surface area contributed by atoms with Crippen molar-refractivity contribution in [2.45, 2.75) is 20.3 Å². The number of aliphatic carboxylic acids is 1. The molecule has 2 aromatic rings. The smallest absolute Gasteiger partial charge is 0.309 e. The van der Waals surface area contributed by atoms with Gasteiger partial charge in [-0.25, -0.2) is 0 Å². The lowest BCUT2D eigenvalue weighted by Gasteiger charge is -2.18. The standard InChI is InChI=1S/C13H15NO3/c1-13(2,12(16)17)6-8-7-14-11-5-9(15)3-4-10(8)11/h3-5,7,14-15H,6H2,1-2H3,(H,16,17). The Morgan fingerprint density at radius 2 is 2.12 bits per heavy atom. The fourth-order valence-corrected chi connectivity index (χ4v) is 1.87. The predicted molar refractivity (Wildman–Crippen MR) is 65.1 cm³/mol. The van der Waals surface area contributed by atoms with Crippen molar-refractivity contribution >= 4 is 16.9 Å². The molecular weight excluding hydrogens is 218 g/mol. The summed E-state index contributed by atoms with van der Waals surface area (Å²) in [6, 6.07) is 5.04. The Bertz CT molecular complexity index is 569. The number of carbonyl (C=O) groups is 1. The minimum absolute atomic E-state index is 0.198. The van der Waals surface area contributed by atoms with Crippen molar-refractivity contribution in [1.29, 1.82) is 0 Å². The Kier molecular flexibility index (Phi) is 2.58. The van der Waals surface area contributed by atoms with Gasteiger partial charge in [0, 0.05) is 23.2 Å². The van der Waals surface area contributed by atoms with E-state index in [1.54, 1.807) is 38.2 Å². The van der Waals surface area contributed by atoms with Crippen LogP contribution in [0.4, 0.5) is 0 Å². The third kappa shape index (κ3) is 2.11. The van der Waals surface area contributed by atoms with E-state index in [0.717, 1.165) is 16.5 Å². The lowest BCUT2D eigenvalue weighted by molar-refractivity contribution is -0.146. The zero-order valence-corrected chi connectivity index (χ0v) is 9.82. The molecule has 0 aliphatic carbocycles. The number of benzene rings is 1. The van der Waals surface area contributed by atoms with Gasteiger partial charge in [0.15, 0.2) is 0 Å². The summed E-state index contributed by atoms with van der Waals surface area (Å²) in [6.07, 6.45) is 2.25. The van der Waals surface area contributed by atoms with E-state index in [-0.39, 0.29) is 5.75 Å². The number of phenolic OH excluding ortho intramolecular Hbond substituents is 1. The zero-order chi connectivity index (χ0) is 12.6. The van der Waals surface area contributed by atoms with Crippen LogP contribution in [0.1, 0.15) is 19.4 Å². The number of carboxylic acid groups (broad SMARTS) is 1. The van der Waals surface area contributed by atoms with Gasteiger partial charge >= 0.3 is 5.97 Å². The average Bonchev–Trinajstić information content (AvgIpc) is 2.60. The van der Waals surface area contributed by atoms with Gasteiger partial charge in [-0.3, -0.25) is 4.79 Å². The second kappa shape index (κ2) is 3.80. The Morgan fingerprint density at radius 1 is 1.41 bits per heavy atom. The normalized spacial score (nSPS) is 11.9. The van der Waals surface area contributed by atoms with Crippen LogP contribution in [-0.2, 0) is 11.2 Å². The Morgan fingerprint density at radius 3 is 2.76 bits per heavy atom. The molecule has 0 aliphatic rings. The number of rotatable bonds is 3. The van der Waals surface area contributed by atoms with Gasteiger partial charge in [0.25, 0.3) is 0 Å². The summed E-state index contributed by atoms with van der Waals surface area (Å²) in [5.41, 5.74) is 0.973. The number of phenols is 1. The summed E-state index contributed by atoms with van der Waals surface area (Å²) in [5, 5.41) is 19.4. The largest absolute Gasteiger partial charge is 0.508 e. The molecular formula is C13H15NO3. The van der Waals surface area contributed by atoms with Gasteiger partial charge in [-0.2, -0.15) is 0 Å². The zero-order valence-electron chi connectivity index (χ0n) is 9.82. The molecule has 0 bridgehead atoms. The molecule has 3 N–H and O–H groups in total. The van der Waals surface area contributed by atoms with E-state index in [1.165, 1.54) is 0 Å². The average molecular weight is 233 g/mol. The minimum Gasteiger partial charge on any atom is -0.508 e. The number of carboxylic acids is 1. The third-order valence-electron chi connectivity index (χ3n) is 2.96. The van der Waals surface area contributed by atoms with Crippen LogP contribution in [0.2, 0.25) is 0 Å². The first-order valence-corrected chi connectivity index (χ1v) is 5.42. The highest BCUT2D eigenvalue weighted by Gasteiger charge is 2.28. The van der Waals surface area contributed by atoms with Crippen LogP contribution in [0.15, 0.2) is 24.4 Å². The van der Waals surface area contributed by atoms with Crippen molar-refractivity contribution in [3.05, 3.63) is 30.0 Å².